The molecule has 3 N–H and O–H groups in total. The molecule has 0 unspecified atom stereocenters. The van der Waals surface area contributed by atoms with Crippen molar-refractivity contribution in [3.63, 3.8) is 0 Å². The molecule has 0 aromatic carbocycles. The number of hydrogen-bond acceptors (Lipinski definition) is 5. The molecule has 0 aliphatic heterocycles. The predicted molar refractivity (Wildman–Crippen MR) is 70.6 cm³/mol. The zero-order valence-corrected chi connectivity index (χ0v) is 10.7. The van der Waals surface area contributed by atoms with Gasteiger partial charge in [-0.15, -0.1) is 0 Å². The van der Waals surface area contributed by atoms with Crippen LogP contribution in [0.1, 0.15) is 5.69 Å². The Morgan fingerprint density at radius 3 is 2.83 bits per heavy atom. The van der Waals surface area contributed by atoms with Gasteiger partial charge in [-0.1, -0.05) is 23.2 Å². The van der Waals surface area contributed by atoms with E-state index in [1.165, 1.54) is 6.20 Å². The van der Waals surface area contributed by atoms with Crippen molar-refractivity contribution in [1.82, 2.24) is 9.97 Å². The summed E-state index contributed by atoms with van der Waals surface area (Å²) in [5, 5.41) is 1.01. The number of nitrogens with zero attached hydrogens (tertiary/aromatic N) is 2. The summed E-state index contributed by atoms with van der Waals surface area (Å²) in [7, 11) is 0. The van der Waals surface area contributed by atoms with E-state index < -0.39 is 0 Å². The largest absolute Gasteiger partial charge is 0.486 e. The fraction of sp³-hybridized carbons (Fsp3) is 0.0909. The van der Waals surface area contributed by atoms with Crippen LogP contribution in [-0.4, -0.2) is 9.97 Å². The molecule has 2 heterocycles. The summed E-state index contributed by atoms with van der Waals surface area (Å²) >= 11 is 11.8. The Hall–Kier alpha value is -1.56. The maximum absolute atomic E-state index is 6.00. The second kappa shape index (κ2) is 5.86. The molecule has 0 amide bonds. The summed E-state index contributed by atoms with van der Waals surface area (Å²) in [5.41, 5.74) is 3.02. The third-order valence-electron chi connectivity index (χ3n) is 2.12. The first-order valence-corrected chi connectivity index (χ1v) is 5.80. The van der Waals surface area contributed by atoms with Crippen molar-refractivity contribution in [2.24, 2.45) is 5.84 Å². The first-order valence-electron chi connectivity index (χ1n) is 5.04. The number of hydrogen-bond donors (Lipinski definition) is 2. The Bertz CT molecular complexity index is 550. The van der Waals surface area contributed by atoms with E-state index in [4.69, 9.17) is 33.8 Å². The predicted octanol–water partition coefficient (Wildman–Crippen LogP) is 2.65. The van der Waals surface area contributed by atoms with Gasteiger partial charge in [0.15, 0.2) is 0 Å². The van der Waals surface area contributed by atoms with E-state index >= 15 is 0 Å². The molecule has 18 heavy (non-hydrogen) atoms. The summed E-state index contributed by atoms with van der Waals surface area (Å²) in [6.07, 6.45) is 3.09. The molecule has 2 aromatic rings. The molecule has 0 aliphatic rings. The van der Waals surface area contributed by atoms with Crippen molar-refractivity contribution >= 4 is 29.0 Å². The average Bonchev–Trinajstić information content (AvgIpc) is 2.38. The van der Waals surface area contributed by atoms with Crippen LogP contribution in [0.2, 0.25) is 10.0 Å². The van der Waals surface area contributed by atoms with Gasteiger partial charge in [-0.05, 0) is 12.1 Å². The van der Waals surface area contributed by atoms with E-state index in [0.29, 0.717) is 27.3 Å². The van der Waals surface area contributed by atoms with Gasteiger partial charge in [0, 0.05) is 12.3 Å². The van der Waals surface area contributed by atoms with Crippen LogP contribution in [0, 0.1) is 0 Å². The lowest BCUT2D eigenvalue weighted by molar-refractivity contribution is 0.300. The minimum absolute atomic E-state index is 0.205. The topological polar surface area (TPSA) is 73.1 Å². The molecule has 7 heteroatoms. The fourth-order valence-corrected chi connectivity index (χ4v) is 1.61. The number of rotatable bonds is 4. The summed E-state index contributed by atoms with van der Waals surface area (Å²) in [6, 6.07) is 5.03. The van der Waals surface area contributed by atoms with Crippen LogP contribution in [-0.2, 0) is 6.61 Å². The van der Waals surface area contributed by atoms with Gasteiger partial charge in [0.25, 0.3) is 0 Å². The van der Waals surface area contributed by atoms with Crippen LogP contribution in [0.5, 0.6) is 5.75 Å². The average molecular weight is 285 g/mol. The molecular formula is C11H10Cl2N4O. The van der Waals surface area contributed by atoms with Crippen molar-refractivity contribution < 1.29 is 4.74 Å². The van der Waals surface area contributed by atoms with Gasteiger partial charge in [-0.25, -0.2) is 10.8 Å². The normalized spacial score (nSPS) is 10.2. The van der Waals surface area contributed by atoms with Crippen LogP contribution < -0.4 is 16.0 Å². The van der Waals surface area contributed by atoms with Crippen LogP contribution in [0.3, 0.4) is 0 Å². The third-order valence-corrected chi connectivity index (χ3v) is 2.67. The van der Waals surface area contributed by atoms with Crippen LogP contribution in [0.15, 0.2) is 30.6 Å². The maximum atomic E-state index is 6.00. The highest BCUT2D eigenvalue weighted by atomic mass is 35.5. The maximum Gasteiger partial charge on any atom is 0.140 e. The number of anilines is 1. The molecule has 2 rings (SSSR count). The number of nitrogen functional groups attached to an aromatic ring is 1. The Morgan fingerprint density at radius 2 is 2.11 bits per heavy atom. The summed E-state index contributed by atoms with van der Waals surface area (Å²) in [4.78, 5) is 8.09. The molecule has 0 aliphatic carbocycles. The third kappa shape index (κ3) is 3.22. The van der Waals surface area contributed by atoms with Gasteiger partial charge in [0.1, 0.15) is 18.2 Å². The van der Waals surface area contributed by atoms with Gasteiger partial charge in [-0.3, -0.25) is 4.98 Å². The van der Waals surface area contributed by atoms with Crippen LogP contribution in [0.25, 0.3) is 0 Å². The summed E-state index contributed by atoms with van der Waals surface area (Å²) in [5.74, 6) is 6.34. The van der Waals surface area contributed by atoms with E-state index in [1.54, 1.807) is 24.4 Å². The molecule has 0 atom stereocenters. The Kier molecular flexibility index (Phi) is 4.19. The van der Waals surface area contributed by atoms with Crippen molar-refractivity contribution in [1.29, 1.82) is 0 Å². The quantitative estimate of drug-likeness (QED) is 0.667. The zero-order valence-electron chi connectivity index (χ0n) is 9.23. The number of aromatic nitrogens is 2. The first-order chi connectivity index (χ1) is 8.69. The molecule has 0 saturated heterocycles. The van der Waals surface area contributed by atoms with E-state index in [0.717, 1.165) is 0 Å². The van der Waals surface area contributed by atoms with Crippen molar-refractivity contribution in [3.05, 3.63) is 46.3 Å². The number of nitrogens with two attached hydrogens (primary N) is 1. The van der Waals surface area contributed by atoms with Gasteiger partial charge >= 0.3 is 0 Å². The van der Waals surface area contributed by atoms with Crippen LogP contribution in [0.4, 0.5) is 5.82 Å². The minimum atomic E-state index is 0.205. The van der Waals surface area contributed by atoms with Gasteiger partial charge in [-0.2, -0.15) is 0 Å². The number of ether oxygens (including phenoxy) is 1. The Balaban J connectivity index is 2.10. The Labute approximate surface area is 114 Å². The highest BCUT2D eigenvalue weighted by Gasteiger charge is 2.05. The van der Waals surface area contributed by atoms with E-state index in [2.05, 4.69) is 15.4 Å². The smallest absolute Gasteiger partial charge is 0.140 e. The monoisotopic (exact) mass is 284 g/mol. The van der Waals surface area contributed by atoms with Crippen molar-refractivity contribution in [2.75, 3.05) is 5.43 Å². The Morgan fingerprint density at radius 1 is 1.28 bits per heavy atom. The van der Waals surface area contributed by atoms with Crippen molar-refractivity contribution in [2.45, 2.75) is 6.61 Å². The lowest BCUT2D eigenvalue weighted by atomic mass is 10.3. The molecule has 0 spiro atoms. The molecule has 94 valence electrons. The highest BCUT2D eigenvalue weighted by molar-refractivity contribution is 6.31. The molecule has 5 nitrogen and oxygen atoms in total. The molecule has 0 bridgehead atoms. The lowest BCUT2D eigenvalue weighted by Gasteiger charge is -2.08. The molecule has 0 fully saturated rings. The standard InChI is InChI=1S/C11H10Cl2N4O/c12-7-3-8(5-15-4-7)18-6-10-9(13)1-2-11(16-10)17-14/h1-5H,6,14H2,(H,16,17). The van der Waals surface area contributed by atoms with Crippen LogP contribution >= 0.6 is 23.2 Å². The molecular weight excluding hydrogens is 275 g/mol. The first kappa shape index (κ1) is 12.9. The SMILES string of the molecule is NNc1ccc(Cl)c(COc2cncc(Cl)c2)n1. The summed E-state index contributed by atoms with van der Waals surface area (Å²) in [6.45, 7) is 0.205. The fourth-order valence-electron chi connectivity index (χ4n) is 1.29. The number of hydrazine groups is 1. The highest BCUT2D eigenvalue weighted by Crippen LogP contribution is 2.20. The van der Waals surface area contributed by atoms with E-state index in [-0.39, 0.29) is 6.61 Å². The zero-order chi connectivity index (χ0) is 13.0. The molecule has 2 aromatic heterocycles. The van der Waals surface area contributed by atoms with Crippen molar-refractivity contribution in [3.8, 4) is 5.75 Å². The second-order valence-corrected chi connectivity index (χ2v) is 4.24. The molecule has 0 radical (unpaired) electrons. The summed E-state index contributed by atoms with van der Waals surface area (Å²) < 4.78 is 5.49. The van der Waals surface area contributed by atoms with Gasteiger partial charge in [0.2, 0.25) is 0 Å². The number of halogens is 2. The molecule has 0 saturated carbocycles. The number of pyridine rings is 2. The lowest BCUT2D eigenvalue weighted by Crippen LogP contribution is -2.10. The van der Waals surface area contributed by atoms with Gasteiger partial charge < -0.3 is 10.2 Å². The second-order valence-electron chi connectivity index (χ2n) is 3.40. The van der Waals surface area contributed by atoms with E-state index in [9.17, 15) is 0 Å². The minimum Gasteiger partial charge on any atom is -0.486 e. The number of nitrogens with one attached hydrogen (secondary N) is 1. The van der Waals surface area contributed by atoms with E-state index in [1.807, 2.05) is 0 Å². The van der Waals surface area contributed by atoms with Gasteiger partial charge in [0.05, 0.1) is 21.9 Å².